The first-order valence-electron chi connectivity index (χ1n) is 9.53. The van der Waals surface area contributed by atoms with Gasteiger partial charge in [-0.05, 0) is 24.8 Å². The average Bonchev–Trinajstić information content (AvgIpc) is 2.60. The van der Waals surface area contributed by atoms with E-state index in [0.717, 1.165) is 18.8 Å². The summed E-state index contributed by atoms with van der Waals surface area (Å²) in [7, 11) is 0. The topological polar surface area (TPSA) is 101 Å². The molecule has 0 unspecified atom stereocenters. The van der Waals surface area contributed by atoms with Crippen LogP contribution in [0.1, 0.15) is 70.6 Å². The van der Waals surface area contributed by atoms with Crippen LogP contribution in [0.25, 0.3) is 0 Å². The predicted molar refractivity (Wildman–Crippen MR) is 99.2 cm³/mol. The van der Waals surface area contributed by atoms with Gasteiger partial charge in [-0.25, -0.2) is 0 Å². The molecule has 1 aliphatic carbocycles. The van der Waals surface area contributed by atoms with Gasteiger partial charge in [0.25, 0.3) is 0 Å². The highest BCUT2D eigenvalue weighted by Gasteiger charge is 2.23. The van der Waals surface area contributed by atoms with Gasteiger partial charge < -0.3 is 15.9 Å². The van der Waals surface area contributed by atoms with Crippen LogP contribution in [-0.4, -0.2) is 34.1 Å². The maximum absolute atomic E-state index is 11.6. The fourth-order valence-corrected chi connectivity index (χ4v) is 3.25. The van der Waals surface area contributed by atoms with E-state index in [0.29, 0.717) is 0 Å². The third-order valence-corrected chi connectivity index (χ3v) is 4.85. The van der Waals surface area contributed by atoms with Crippen LogP contribution < -0.4 is 5.73 Å². The number of aliphatic carboxylic acids is 1. The first-order chi connectivity index (χ1) is 12.0. The van der Waals surface area contributed by atoms with Crippen LogP contribution in [0.3, 0.4) is 0 Å². The quantitative estimate of drug-likeness (QED) is 0.284. The van der Waals surface area contributed by atoms with Crippen LogP contribution in [0.5, 0.6) is 0 Å². The molecule has 0 saturated heterocycles. The molecule has 0 heterocycles. The summed E-state index contributed by atoms with van der Waals surface area (Å²) >= 11 is 0. The van der Waals surface area contributed by atoms with Crippen molar-refractivity contribution in [3.8, 4) is 0 Å². The van der Waals surface area contributed by atoms with Gasteiger partial charge in [-0.2, -0.15) is 0 Å². The molecule has 4 N–H and O–H groups in total. The Kier molecular flexibility index (Phi) is 11.1. The largest absolute Gasteiger partial charge is 0.480 e. The van der Waals surface area contributed by atoms with E-state index in [2.05, 4.69) is 0 Å². The van der Waals surface area contributed by atoms with E-state index >= 15 is 0 Å². The highest BCUT2D eigenvalue weighted by molar-refractivity contribution is 5.90. The Morgan fingerprint density at radius 1 is 1.08 bits per heavy atom. The Morgan fingerprint density at radius 2 is 1.80 bits per heavy atom. The van der Waals surface area contributed by atoms with Crippen LogP contribution in [0.4, 0.5) is 0 Å². The number of hydrogen-bond acceptors (Lipinski definition) is 4. The lowest BCUT2D eigenvalue weighted by Crippen LogP contribution is -2.42. The number of ketones is 1. The number of rotatable bonds is 12. The molecule has 0 spiro atoms. The summed E-state index contributed by atoms with van der Waals surface area (Å²) in [5.74, 6) is -0.683. The van der Waals surface area contributed by atoms with Crippen molar-refractivity contribution in [3.63, 3.8) is 0 Å². The number of hydrogen-bond donors (Lipinski definition) is 3. The van der Waals surface area contributed by atoms with Gasteiger partial charge in [0, 0.05) is 6.42 Å². The first-order valence-corrected chi connectivity index (χ1v) is 9.53. The van der Waals surface area contributed by atoms with Gasteiger partial charge in [-0.3, -0.25) is 9.59 Å². The van der Waals surface area contributed by atoms with E-state index < -0.39 is 18.1 Å². The number of nitrogens with two attached hydrogens (primary N) is 1. The summed E-state index contributed by atoms with van der Waals surface area (Å²) in [6, 6.07) is -1.43. The van der Waals surface area contributed by atoms with Gasteiger partial charge in [-0.1, -0.05) is 69.6 Å². The SMILES string of the molecule is N[C@H](C(=O)O)[C@H](O)CC(=O)/C=C/C=C/CCCCCC1CCCCC1. The van der Waals surface area contributed by atoms with Crippen molar-refractivity contribution in [2.75, 3.05) is 0 Å². The van der Waals surface area contributed by atoms with Gasteiger partial charge in [0.1, 0.15) is 6.04 Å². The molecular weight excluding hydrogens is 318 g/mol. The Morgan fingerprint density at radius 3 is 2.48 bits per heavy atom. The van der Waals surface area contributed by atoms with Gasteiger partial charge in [-0.15, -0.1) is 0 Å². The lowest BCUT2D eigenvalue weighted by Gasteiger charge is -2.21. The molecule has 1 aliphatic rings. The van der Waals surface area contributed by atoms with Crippen molar-refractivity contribution < 1.29 is 19.8 Å². The molecule has 0 bridgehead atoms. The Hall–Kier alpha value is -1.46. The number of carboxylic acids is 1. The van der Waals surface area contributed by atoms with Crippen LogP contribution >= 0.6 is 0 Å². The third kappa shape index (κ3) is 10.2. The summed E-state index contributed by atoms with van der Waals surface area (Å²) in [5, 5.41) is 18.1. The summed E-state index contributed by atoms with van der Waals surface area (Å²) in [6.45, 7) is 0. The number of unbranched alkanes of at least 4 members (excludes halogenated alkanes) is 3. The minimum absolute atomic E-state index is 0.279. The number of aliphatic hydroxyl groups is 1. The molecule has 142 valence electrons. The third-order valence-electron chi connectivity index (χ3n) is 4.85. The van der Waals surface area contributed by atoms with E-state index in [4.69, 9.17) is 10.8 Å². The average molecular weight is 351 g/mol. The number of aliphatic hydroxyl groups excluding tert-OH is 1. The Labute approximate surface area is 151 Å². The van der Waals surface area contributed by atoms with E-state index in [1.165, 1.54) is 57.4 Å². The van der Waals surface area contributed by atoms with E-state index in [-0.39, 0.29) is 12.2 Å². The summed E-state index contributed by atoms with van der Waals surface area (Å²) in [6.07, 6.45) is 18.4. The summed E-state index contributed by atoms with van der Waals surface area (Å²) < 4.78 is 0. The standard InChI is InChI=1S/C20H33NO4/c21-19(20(24)25)18(23)15-17(22)14-10-5-3-1-2-4-7-11-16-12-8-6-9-13-16/h3,5,10,14,16,18-19,23H,1-2,4,6-9,11-13,15,21H2,(H,24,25)/b5-3+,14-10+/t18-,19+/m1/s1. The molecule has 5 heteroatoms. The fraction of sp³-hybridized carbons (Fsp3) is 0.700. The highest BCUT2D eigenvalue weighted by atomic mass is 16.4. The van der Waals surface area contributed by atoms with Crippen molar-refractivity contribution in [1.82, 2.24) is 0 Å². The minimum atomic E-state index is -1.43. The Bertz CT molecular complexity index is 453. The molecule has 5 nitrogen and oxygen atoms in total. The molecule has 0 aliphatic heterocycles. The van der Waals surface area contributed by atoms with E-state index in [1.54, 1.807) is 6.08 Å². The molecule has 1 saturated carbocycles. The molecular formula is C20H33NO4. The monoisotopic (exact) mass is 351 g/mol. The Balaban J connectivity index is 2.05. The molecule has 25 heavy (non-hydrogen) atoms. The smallest absolute Gasteiger partial charge is 0.323 e. The van der Waals surface area contributed by atoms with Crippen molar-refractivity contribution in [1.29, 1.82) is 0 Å². The number of carbonyl (C=O) groups excluding carboxylic acids is 1. The zero-order chi connectivity index (χ0) is 18.5. The zero-order valence-corrected chi connectivity index (χ0v) is 15.1. The first kappa shape index (κ1) is 21.6. The van der Waals surface area contributed by atoms with E-state index in [9.17, 15) is 14.7 Å². The molecule has 1 rings (SSSR count). The maximum Gasteiger partial charge on any atom is 0.323 e. The van der Waals surface area contributed by atoms with E-state index in [1.807, 2.05) is 12.2 Å². The fourth-order valence-electron chi connectivity index (χ4n) is 3.25. The normalized spacial score (nSPS) is 18.6. The zero-order valence-electron chi connectivity index (χ0n) is 15.1. The van der Waals surface area contributed by atoms with Crippen LogP contribution in [-0.2, 0) is 9.59 Å². The van der Waals surface area contributed by atoms with Crippen LogP contribution in [0.15, 0.2) is 24.3 Å². The maximum atomic E-state index is 11.6. The molecule has 0 radical (unpaired) electrons. The van der Waals surface area contributed by atoms with Crippen molar-refractivity contribution in [2.24, 2.45) is 11.7 Å². The molecule has 1 fully saturated rings. The second-order valence-corrected chi connectivity index (χ2v) is 7.03. The van der Waals surface area contributed by atoms with Gasteiger partial charge >= 0.3 is 5.97 Å². The van der Waals surface area contributed by atoms with Crippen molar-refractivity contribution in [2.45, 2.75) is 82.8 Å². The van der Waals surface area contributed by atoms with Crippen LogP contribution in [0.2, 0.25) is 0 Å². The molecule has 0 aromatic carbocycles. The summed E-state index contributed by atoms with van der Waals surface area (Å²) in [5.41, 5.74) is 5.25. The molecule has 0 aromatic heterocycles. The molecule has 0 amide bonds. The minimum Gasteiger partial charge on any atom is -0.480 e. The number of allylic oxidation sites excluding steroid dienone is 4. The number of carboxylic acid groups (broad SMARTS) is 1. The van der Waals surface area contributed by atoms with Gasteiger partial charge in [0.05, 0.1) is 6.10 Å². The predicted octanol–water partition coefficient (Wildman–Crippen LogP) is 3.36. The lowest BCUT2D eigenvalue weighted by atomic mass is 9.85. The highest BCUT2D eigenvalue weighted by Crippen LogP contribution is 2.27. The van der Waals surface area contributed by atoms with Crippen molar-refractivity contribution >= 4 is 11.8 Å². The number of carbonyl (C=O) groups is 2. The molecule has 0 aromatic rings. The summed E-state index contributed by atoms with van der Waals surface area (Å²) in [4.78, 5) is 22.2. The lowest BCUT2D eigenvalue weighted by molar-refractivity contribution is -0.141. The second kappa shape index (κ2) is 12.8. The second-order valence-electron chi connectivity index (χ2n) is 7.03. The van der Waals surface area contributed by atoms with Crippen LogP contribution in [0, 0.1) is 5.92 Å². The van der Waals surface area contributed by atoms with Gasteiger partial charge in [0.15, 0.2) is 5.78 Å². The van der Waals surface area contributed by atoms with Crippen molar-refractivity contribution in [3.05, 3.63) is 24.3 Å². The molecule has 2 atom stereocenters. The van der Waals surface area contributed by atoms with Gasteiger partial charge in [0.2, 0.25) is 0 Å².